The van der Waals surface area contributed by atoms with Gasteiger partial charge in [-0.3, -0.25) is 9.78 Å². The van der Waals surface area contributed by atoms with Crippen LogP contribution in [0.1, 0.15) is 21.1 Å². The molecule has 1 amide bonds. The average Bonchev–Trinajstić information content (AvgIpc) is 3.15. The summed E-state index contributed by atoms with van der Waals surface area (Å²) >= 11 is 1.56. The molecule has 0 radical (unpaired) electrons. The second-order valence-corrected chi connectivity index (χ2v) is 7.23. The van der Waals surface area contributed by atoms with E-state index in [1.807, 2.05) is 43.3 Å². The van der Waals surface area contributed by atoms with E-state index in [2.05, 4.69) is 15.3 Å². The van der Waals surface area contributed by atoms with Crippen molar-refractivity contribution < 1.29 is 14.3 Å². The van der Waals surface area contributed by atoms with Crippen LogP contribution in [-0.2, 0) is 17.9 Å². The van der Waals surface area contributed by atoms with Gasteiger partial charge in [-0.05, 0) is 43.3 Å². The molecule has 6 nitrogen and oxygen atoms in total. The fourth-order valence-electron chi connectivity index (χ4n) is 2.44. The number of hydrogen-bond acceptors (Lipinski definition) is 6. The van der Waals surface area contributed by atoms with E-state index >= 15 is 0 Å². The molecule has 0 bridgehead atoms. The van der Waals surface area contributed by atoms with Gasteiger partial charge >= 0.3 is 0 Å². The van der Waals surface area contributed by atoms with Crippen LogP contribution in [0.5, 0.6) is 11.5 Å². The Morgan fingerprint density at radius 3 is 2.86 bits per heavy atom. The summed E-state index contributed by atoms with van der Waals surface area (Å²) in [4.78, 5) is 21.6. The van der Waals surface area contributed by atoms with Crippen molar-refractivity contribution in [3.8, 4) is 11.5 Å². The minimum absolute atomic E-state index is 0.190. The first kappa shape index (κ1) is 19.6. The molecule has 0 spiro atoms. The van der Waals surface area contributed by atoms with Gasteiger partial charge in [-0.1, -0.05) is 6.07 Å². The third kappa shape index (κ3) is 5.65. The molecule has 3 rings (SSSR count). The quantitative estimate of drug-likeness (QED) is 0.588. The Bertz CT molecular complexity index is 955. The highest BCUT2D eigenvalue weighted by Gasteiger charge is 2.06. The molecule has 2 aromatic heterocycles. The molecule has 2 heterocycles. The van der Waals surface area contributed by atoms with E-state index in [1.54, 1.807) is 36.9 Å². The third-order valence-electron chi connectivity index (χ3n) is 3.84. The van der Waals surface area contributed by atoms with E-state index in [0.717, 1.165) is 21.1 Å². The van der Waals surface area contributed by atoms with Gasteiger partial charge in [-0.2, -0.15) is 0 Å². The van der Waals surface area contributed by atoms with Gasteiger partial charge in [-0.25, -0.2) is 4.98 Å². The maximum Gasteiger partial charge on any atom is 0.244 e. The van der Waals surface area contributed by atoms with Gasteiger partial charge in [0.25, 0.3) is 0 Å². The summed E-state index contributed by atoms with van der Waals surface area (Å²) in [5.41, 5.74) is 1.57. The van der Waals surface area contributed by atoms with Crippen molar-refractivity contribution in [2.24, 2.45) is 0 Å². The normalized spacial score (nSPS) is 10.8. The zero-order valence-electron chi connectivity index (χ0n) is 15.7. The molecular formula is C21H21N3O3S. The number of benzene rings is 1. The van der Waals surface area contributed by atoms with Gasteiger partial charge in [0.2, 0.25) is 5.91 Å². The maximum absolute atomic E-state index is 12.1. The van der Waals surface area contributed by atoms with Crippen LogP contribution in [0.25, 0.3) is 6.08 Å². The molecule has 0 saturated heterocycles. The number of hydrogen-bond donors (Lipinski definition) is 1. The first-order valence-electron chi connectivity index (χ1n) is 8.72. The van der Waals surface area contributed by atoms with Crippen molar-refractivity contribution in [1.82, 2.24) is 15.3 Å². The first-order chi connectivity index (χ1) is 13.6. The van der Waals surface area contributed by atoms with Crippen molar-refractivity contribution in [2.45, 2.75) is 20.1 Å². The van der Waals surface area contributed by atoms with Gasteiger partial charge in [-0.15, -0.1) is 11.3 Å². The van der Waals surface area contributed by atoms with E-state index in [9.17, 15) is 4.79 Å². The third-order valence-corrected chi connectivity index (χ3v) is 4.75. The van der Waals surface area contributed by atoms with Gasteiger partial charge < -0.3 is 14.8 Å². The van der Waals surface area contributed by atoms with E-state index < -0.39 is 0 Å². The smallest absolute Gasteiger partial charge is 0.244 e. The Labute approximate surface area is 167 Å². The summed E-state index contributed by atoms with van der Waals surface area (Å²) in [6.45, 7) is 2.73. The minimum Gasteiger partial charge on any atom is -0.497 e. The van der Waals surface area contributed by atoms with Crippen molar-refractivity contribution >= 4 is 23.3 Å². The highest BCUT2D eigenvalue weighted by Crippen LogP contribution is 2.26. The van der Waals surface area contributed by atoms with E-state index in [1.165, 1.54) is 6.08 Å². The van der Waals surface area contributed by atoms with Crippen LogP contribution in [0.3, 0.4) is 0 Å². The number of carbonyl (C=O) groups excluding carboxylic acids is 1. The zero-order valence-corrected chi connectivity index (χ0v) is 16.5. The van der Waals surface area contributed by atoms with Crippen LogP contribution in [0.15, 0.2) is 54.9 Å². The van der Waals surface area contributed by atoms with Crippen LogP contribution in [0.4, 0.5) is 0 Å². The fourth-order valence-corrected chi connectivity index (χ4v) is 3.17. The molecule has 1 aromatic carbocycles. The van der Waals surface area contributed by atoms with Crippen molar-refractivity contribution in [3.63, 3.8) is 0 Å². The van der Waals surface area contributed by atoms with Crippen LogP contribution < -0.4 is 14.8 Å². The van der Waals surface area contributed by atoms with Crippen LogP contribution in [-0.4, -0.2) is 23.0 Å². The summed E-state index contributed by atoms with van der Waals surface area (Å²) < 4.78 is 11.2. The average molecular weight is 395 g/mol. The molecule has 7 heteroatoms. The largest absolute Gasteiger partial charge is 0.497 e. The molecule has 0 aliphatic carbocycles. The lowest BCUT2D eigenvalue weighted by molar-refractivity contribution is -0.116. The lowest BCUT2D eigenvalue weighted by Gasteiger charge is -2.10. The molecule has 0 unspecified atom stereocenters. The van der Waals surface area contributed by atoms with E-state index in [4.69, 9.17) is 9.47 Å². The van der Waals surface area contributed by atoms with E-state index in [-0.39, 0.29) is 5.91 Å². The molecule has 28 heavy (non-hydrogen) atoms. The molecule has 0 aliphatic rings. The molecule has 0 atom stereocenters. The summed E-state index contributed by atoms with van der Waals surface area (Å²) in [5.74, 6) is 1.14. The number of nitrogens with zero attached hydrogens (tertiary/aromatic N) is 2. The van der Waals surface area contributed by atoms with Gasteiger partial charge in [0.05, 0.1) is 24.4 Å². The Kier molecular flexibility index (Phi) is 6.75. The molecular weight excluding hydrogens is 374 g/mol. The summed E-state index contributed by atoms with van der Waals surface area (Å²) in [5, 5.41) is 3.83. The Hall–Kier alpha value is -3.19. The molecule has 0 saturated carbocycles. The van der Waals surface area contributed by atoms with Crippen LogP contribution >= 0.6 is 11.3 Å². The zero-order chi connectivity index (χ0) is 19.8. The number of thiazole rings is 1. The number of ether oxygens (including phenoxy) is 2. The topological polar surface area (TPSA) is 73.3 Å². The number of aryl methyl sites for hydroxylation is 1. The van der Waals surface area contributed by atoms with Crippen molar-refractivity contribution in [1.29, 1.82) is 0 Å². The Morgan fingerprint density at radius 2 is 2.14 bits per heavy atom. The molecule has 144 valence electrons. The number of carbonyl (C=O) groups is 1. The highest BCUT2D eigenvalue weighted by atomic mass is 32.1. The van der Waals surface area contributed by atoms with Crippen LogP contribution in [0.2, 0.25) is 0 Å². The standard InChI is InChI=1S/C21H21N3O3S/c1-15-23-12-19(28-15)13-24-21(25)9-6-16-11-18(26-2)7-8-20(16)27-14-17-5-3-4-10-22-17/h3-12H,13-14H2,1-2H3,(H,24,25). The lowest BCUT2D eigenvalue weighted by Crippen LogP contribution is -2.19. The number of amides is 1. The number of aromatic nitrogens is 2. The van der Waals surface area contributed by atoms with Crippen molar-refractivity contribution in [2.75, 3.05) is 7.11 Å². The second kappa shape index (κ2) is 9.66. The first-order valence-corrected chi connectivity index (χ1v) is 9.53. The van der Waals surface area contributed by atoms with Gasteiger partial charge in [0.15, 0.2) is 0 Å². The molecule has 1 N–H and O–H groups in total. The van der Waals surface area contributed by atoms with Crippen LogP contribution in [0, 0.1) is 6.92 Å². The second-order valence-electron chi connectivity index (χ2n) is 5.91. The molecule has 0 fully saturated rings. The number of methoxy groups -OCH3 is 1. The predicted octanol–water partition coefficient (Wildman–Crippen LogP) is 3.76. The highest BCUT2D eigenvalue weighted by molar-refractivity contribution is 7.11. The Morgan fingerprint density at radius 1 is 1.25 bits per heavy atom. The molecule has 3 aromatic rings. The summed E-state index contributed by atoms with van der Waals surface area (Å²) in [7, 11) is 1.60. The fraction of sp³-hybridized carbons (Fsp3) is 0.190. The SMILES string of the molecule is COc1ccc(OCc2ccccn2)c(C=CC(=O)NCc2cnc(C)s2)c1. The molecule has 0 aliphatic heterocycles. The van der Waals surface area contributed by atoms with Gasteiger partial charge in [0.1, 0.15) is 18.1 Å². The Balaban J connectivity index is 1.66. The number of pyridine rings is 1. The summed E-state index contributed by atoms with van der Waals surface area (Å²) in [6, 6.07) is 11.1. The maximum atomic E-state index is 12.1. The minimum atomic E-state index is -0.190. The monoisotopic (exact) mass is 395 g/mol. The van der Waals surface area contributed by atoms with Gasteiger partial charge in [0, 0.05) is 28.9 Å². The van der Waals surface area contributed by atoms with Crippen molar-refractivity contribution in [3.05, 3.63) is 76.0 Å². The number of nitrogens with one attached hydrogen (secondary N) is 1. The number of rotatable bonds is 8. The summed E-state index contributed by atoms with van der Waals surface area (Å²) in [6.07, 6.45) is 6.69. The predicted molar refractivity (Wildman–Crippen MR) is 109 cm³/mol. The lowest BCUT2D eigenvalue weighted by atomic mass is 10.1. The van der Waals surface area contributed by atoms with E-state index in [0.29, 0.717) is 24.7 Å².